The first-order valence-electron chi connectivity index (χ1n) is 7.03. The van der Waals surface area contributed by atoms with Gasteiger partial charge in [0.05, 0.1) is 5.60 Å². The van der Waals surface area contributed by atoms with E-state index in [0.29, 0.717) is 18.4 Å². The van der Waals surface area contributed by atoms with E-state index in [9.17, 15) is 4.79 Å². The summed E-state index contributed by atoms with van der Waals surface area (Å²) in [6.07, 6.45) is 2.61. The maximum absolute atomic E-state index is 11.5. The smallest absolute Gasteiger partial charge is 0.221 e. The van der Waals surface area contributed by atoms with Gasteiger partial charge in [0.15, 0.2) is 0 Å². The summed E-state index contributed by atoms with van der Waals surface area (Å²) in [5.41, 5.74) is -0.0319. The third-order valence-electron chi connectivity index (χ3n) is 3.19. The highest BCUT2D eigenvalue weighted by Crippen LogP contribution is 2.23. The van der Waals surface area contributed by atoms with Gasteiger partial charge in [-0.2, -0.15) is 0 Å². The summed E-state index contributed by atoms with van der Waals surface area (Å²) in [6, 6.07) is 0.478. The zero-order chi connectivity index (χ0) is 13.6. The summed E-state index contributed by atoms with van der Waals surface area (Å²) in [5, 5.41) is 6.39. The molecule has 0 aromatic heterocycles. The van der Waals surface area contributed by atoms with Gasteiger partial charge in [0.2, 0.25) is 5.91 Å². The standard InChI is InChI=1S/C14H28N2O2/c1-11(2)10-16-13(17)5-7-15-12-6-8-18-14(3,4)9-12/h11-12,15H,5-10H2,1-4H3,(H,16,17). The molecule has 2 N–H and O–H groups in total. The van der Waals surface area contributed by atoms with Gasteiger partial charge in [-0.05, 0) is 32.6 Å². The molecule has 1 heterocycles. The largest absolute Gasteiger partial charge is 0.375 e. The SMILES string of the molecule is CC(C)CNC(=O)CCNC1CCOC(C)(C)C1. The van der Waals surface area contributed by atoms with Crippen molar-refractivity contribution in [1.82, 2.24) is 10.6 Å². The highest BCUT2D eigenvalue weighted by molar-refractivity contribution is 5.76. The van der Waals surface area contributed by atoms with Crippen LogP contribution in [0.25, 0.3) is 0 Å². The number of carbonyl (C=O) groups excluding carboxylic acids is 1. The van der Waals surface area contributed by atoms with Crippen molar-refractivity contribution in [3.8, 4) is 0 Å². The van der Waals surface area contributed by atoms with Gasteiger partial charge in [0.25, 0.3) is 0 Å². The molecule has 0 saturated carbocycles. The van der Waals surface area contributed by atoms with E-state index >= 15 is 0 Å². The Hall–Kier alpha value is -0.610. The van der Waals surface area contributed by atoms with Crippen LogP contribution in [0, 0.1) is 5.92 Å². The zero-order valence-corrected chi connectivity index (χ0v) is 12.2. The molecule has 1 aliphatic rings. The number of carbonyl (C=O) groups is 1. The Morgan fingerprint density at radius 3 is 2.78 bits per heavy atom. The normalized spacial score (nSPS) is 23.1. The molecule has 0 spiro atoms. The van der Waals surface area contributed by atoms with Gasteiger partial charge in [-0.1, -0.05) is 13.8 Å². The number of hydrogen-bond acceptors (Lipinski definition) is 3. The second kappa shape index (κ2) is 7.10. The fraction of sp³-hybridized carbons (Fsp3) is 0.929. The molecule has 106 valence electrons. The van der Waals surface area contributed by atoms with Crippen LogP contribution in [0.5, 0.6) is 0 Å². The van der Waals surface area contributed by atoms with Crippen LogP contribution < -0.4 is 10.6 Å². The van der Waals surface area contributed by atoms with E-state index in [1.54, 1.807) is 0 Å². The summed E-state index contributed by atoms with van der Waals surface area (Å²) in [7, 11) is 0. The molecule has 1 saturated heterocycles. The number of rotatable bonds is 6. The predicted molar refractivity (Wildman–Crippen MR) is 73.5 cm³/mol. The van der Waals surface area contributed by atoms with Crippen LogP contribution in [-0.4, -0.2) is 37.2 Å². The van der Waals surface area contributed by atoms with Gasteiger partial charge in [0, 0.05) is 32.2 Å². The minimum absolute atomic E-state index is 0.0319. The molecule has 4 heteroatoms. The summed E-state index contributed by atoms with van der Waals surface area (Å²) in [5.74, 6) is 0.653. The molecule has 4 nitrogen and oxygen atoms in total. The van der Waals surface area contributed by atoms with E-state index in [4.69, 9.17) is 4.74 Å². The number of amides is 1. The first-order chi connectivity index (χ1) is 8.39. The molecular formula is C14H28N2O2. The van der Waals surface area contributed by atoms with E-state index in [0.717, 1.165) is 32.5 Å². The molecule has 0 aliphatic carbocycles. The van der Waals surface area contributed by atoms with Gasteiger partial charge >= 0.3 is 0 Å². The molecule has 1 rings (SSSR count). The molecule has 1 atom stereocenters. The maximum Gasteiger partial charge on any atom is 0.221 e. The summed E-state index contributed by atoms with van der Waals surface area (Å²) in [4.78, 5) is 11.5. The lowest BCUT2D eigenvalue weighted by Gasteiger charge is -2.35. The Labute approximate surface area is 111 Å². The van der Waals surface area contributed by atoms with E-state index < -0.39 is 0 Å². The Kier molecular flexibility index (Phi) is 6.09. The monoisotopic (exact) mass is 256 g/mol. The minimum Gasteiger partial charge on any atom is -0.375 e. The van der Waals surface area contributed by atoms with Crippen LogP contribution in [0.4, 0.5) is 0 Å². The van der Waals surface area contributed by atoms with Crippen LogP contribution in [-0.2, 0) is 9.53 Å². The van der Waals surface area contributed by atoms with Gasteiger partial charge < -0.3 is 15.4 Å². The summed E-state index contributed by atoms with van der Waals surface area (Å²) < 4.78 is 5.67. The van der Waals surface area contributed by atoms with Crippen molar-refractivity contribution in [3.05, 3.63) is 0 Å². The molecule has 0 bridgehead atoms. The second-order valence-electron chi connectivity index (χ2n) is 6.20. The highest BCUT2D eigenvalue weighted by atomic mass is 16.5. The summed E-state index contributed by atoms with van der Waals surface area (Å²) in [6.45, 7) is 10.8. The van der Waals surface area contributed by atoms with Crippen LogP contribution >= 0.6 is 0 Å². The van der Waals surface area contributed by atoms with Gasteiger partial charge in [-0.15, -0.1) is 0 Å². The lowest BCUT2D eigenvalue weighted by atomic mass is 9.94. The fourth-order valence-electron chi connectivity index (χ4n) is 2.20. The first kappa shape index (κ1) is 15.4. The Bertz CT molecular complexity index is 265. The lowest BCUT2D eigenvalue weighted by molar-refractivity contribution is -0.121. The average molecular weight is 256 g/mol. The van der Waals surface area contributed by atoms with Gasteiger partial charge in [0.1, 0.15) is 0 Å². The van der Waals surface area contributed by atoms with Crippen molar-refractivity contribution < 1.29 is 9.53 Å². The molecule has 18 heavy (non-hydrogen) atoms. The minimum atomic E-state index is -0.0319. The molecular weight excluding hydrogens is 228 g/mol. The van der Waals surface area contributed by atoms with Crippen LogP contribution in [0.3, 0.4) is 0 Å². The fourth-order valence-corrected chi connectivity index (χ4v) is 2.20. The molecule has 0 radical (unpaired) electrons. The van der Waals surface area contributed by atoms with Crippen molar-refractivity contribution in [1.29, 1.82) is 0 Å². The number of hydrogen-bond donors (Lipinski definition) is 2. The van der Waals surface area contributed by atoms with E-state index in [1.807, 2.05) is 0 Å². The lowest BCUT2D eigenvalue weighted by Crippen LogP contribution is -2.44. The van der Waals surface area contributed by atoms with Crippen molar-refractivity contribution in [2.24, 2.45) is 5.92 Å². The molecule has 0 aromatic carbocycles. The zero-order valence-electron chi connectivity index (χ0n) is 12.2. The van der Waals surface area contributed by atoms with Crippen molar-refractivity contribution in [2.45, 2.75) is 58.6 Å². The molecule has 1 unspecified atom stereocenters. The van der Waals surface area contributed by atoms with E-state index in [1.165, 1.54) is 0 Å². The Balaban J connectivity index is 2.12. The van der Waals surface area contributed by atoms with E-state index in [2.05, 4.69) is 38.3 Å². The second-order valence-corrected chi connectivity index (χ2v) is 6.20. The molecule has 1 amide bonds. The molecule has 1 fully saturated rings. The molecule has 1 aliphatic heterocycles. The average Bonchev–Trinajstić information content (AvgIpc) is 2.25. The van der Waals surface area contributed by atoms with Crippen LogP contribution in [0.15, 0.2) is 0 Å². The topological polar surface area (TPSA) is 50.4 Å². The van der Waals surface area contributed by atoms with Gasteiger partial charge in [-0.3, -0.25) is 4.79 Å². The van der Waals surface area contributed by atoms with Crippen LogP contribution in [0.1, 0.15) is 47.0 Å². The Morgan fingerprint density at radius 1 is 1.44 bits per heavy atom. The number of ether oxygens (including phenoxy) is 1. The van der Waals surface area contributed by atoms with E-state index in [-0.39, 0.29) is 11.5 Å². The predicted octanol–water partition coefficient (Wildman–Crippen LogP) is 1.70. The van der Waals surface area contributed by atoms with Crippen molar-refractivity contribution in [2.75, 3.05) is 19.7 Å². The van der Waals surface area contributed by atoms with Gasteiger partial charge in [-0.25, -0.2) is 0 Å². The van der Waals surface area contributed by atoms with Crippen molar-refractivity contribution >= 4 is 5.91 Å². The highest BCUT2D eigenvalue weighted by Gasteiger charge is 2.28. The van der Waals surface area contributed by atoms with Crippen LogP contribution in [0.2, 0.25) is 0 Å². The molecule has 0 aromatic rings. The first-order valence-corrected chi connectivity index (χ1v) is 7.03. The van der Waals surface area contributed by atoms with Crippen molar-refractivity contribution in [3.63, 3.8) is 0 Å². The summed E-state index contributed by atoms with van der Waals surface area (Å²) >= 11 is 0. The third-order valence-corrected chi connectivity index (χ3v) is 3.19. The third kappa shape index (κ3) is 6.36. The maximum atomic E-state index is 11.5. The quantitative estimate of drug-likeness (QED) is 0.760. The number of nitrogens with one attached hydrogen (secondary N) is 2. The Morgan fingerprint density at radius 2 is 2.17 bits per heavy atom.